The molecule has 0 N–H and O–H groups in total. The average molecular weight is 126 g/mol. The third-order valence-corrected chi connectivity index (χ3v) is 1.60. The van der Waals surface area contributed by atoms with Crippen LogP contribution in [0.25, 0.3) is 10.2 Å². The lowest BCUT2D eigenvalue weighted by molar-refractivity contribution is 0.428. The highest BCUT2D eigenvalue weighted by atomic mass is 32.1. The molecule has 0 bridgehead atoms. The Kier molecular flexibility index (Phi) is 0.648. The summed E-state index contributed by atoms with van der Waals surface area (Å²) in [6.07, 6.45) is 3.27. The molecule has 0 aromatic carbocycles. The number of rotatable bonds is 0. The molecule has 0 atom stereocenters. The maximum absolute atomic E-state index is 4.63. The molecule has 0 aliphatic heterocycles. The standard InChI is InChI=1S/C4H2N2OS/c1-3-4(8-5-1)2-7-6-3/h1-2H. The Labute approximate surface area is 49.1 Å². The predicted molar refractivity (Wildman–Crippen MR) is 29.7 cm³/mol. The Morgan fingerprint density at radius 3 is 3.50 bits per heavy atom. The summed E-state index contributed by atoms with van der Waals surface area (Å²) >= 11 is 1.39. The molecule has 0 spiro atoms. The van der Waals surface area contributed by atoms with Crippen LogP contribution in [-0.4, -0.2) is 9.53 Å². The van der Waals surface area contributed by atoms with Gasteiger partial charge in [0.1, 0.15) is 16.5 Å². The molecule has 0 fully saturated rings. The van der Waals surface area contributed by atoms with Crippen molar-refractivity contribution in [2.24, 2.45) is 0 Å². The number of nitrogens with zero attached hydrogens (tertiary/aromatic N) is 2. The molecule has 0 aliphatic carbocycles. The molecular weight excluding hydrogens is 124 g/mol. The maximum atomic E-state index is 4.63. The summed E-state index contributed by atoms with van der Waals surface area (Å²) in [5.41, 5.74) is 0.843. The Morgan fingerprint density at radius 2 is 2.62 bits per heavy atom. The minimum absolute atomic E-state index is 0.843. The summed E-state index contributed by atoms with van der Waals surface area (Å²) in [6, 6.07) is 0. The summed E-state index contributed by atoms with van der Waals surface area (Å²) in [7, 11) is 0. The van der Waals surface area contributed by atoms with E-state index in [9.17, 15) is 0 Å². The molecule has 0 unspecified atom stereocenters. The second-order valence-corrected chi connectivity index (χ2v) is 2.22. The van der Waals surface area contributed by atoms with Crippen LogP contribution in [0.15, 0.2) is 17.0 Å². The topological polar surface area (TPSA) is 38.9 Å². The van der Waals surface area contributed by atoms with Crippen LogP contribution in [-0.2, 0) is 0 Å². The van der Waals surface area contributed by atoms with Crippen molar-refractivity contribution in [1.82, 2.24) is 9.53 Å². The molecule has 0 aliphatic rings. The van der Waals surface area contributed by atoms with E-state index in [0.29, 0.717) is 0 Å². The maximum Gasteiger partial charge on any atom is 0.144 e. The number of hydrogen-bond donors (Lipinski definition) is 0. The first-order valence-electron chi connectivity index (χ1n) is 2.11. The molecule has 4 heteroatoms. The van der Waals surface area contributed by atoms with Gasteiger partial charge in [-0.3, -0.25) is 0 Å². The molecule has 0 amide bonds. The molecule has 0 radical (unpaired) electrons. The van der Waals surface area contributed by atoms with E-state index in [-0.39, 0.29) is 0 Å². The van der Waals surface area contributed by atoms with E-state index >= 15 is 0 Å². The second kappa shape index (κ2) is 1.29. The van der Waals surface area contributed by atoms with Crippen molar-refractivity contribution < 1.29 is 4.52 Å². The van der Waals surface area contributed by atoms with Gasteiger partial charge >= 0.3 is 0 Å². The number of aromatic nitrogens is 2. The SMILES string of the molecule is c1nsc2conc12. The van der Waals surface area contributed by atoms with E-state index in [4.69, 9.17) is 0 Å². The summed E-state index contributed by atoms with van der Waals surface area (Å²) < 4.78 is 9.51. The van der Waals surface area contributed by atoms with Gasteiger partial charge in [-0.15, -0.1) is 0 Å². The van der Waals surface area contributed by atoms with Crippen LogP contribution in [0, 0.1) is 0 Å². The highest BCUT2D eigenvalue weighted by molar-refractivity contribution is 7.13. The normalized spacial score (nSPS) is 10.5. The van der Waals surface area contributed by atoms with E-state index in [0.717, 1.165) is 10.2 Å². The third-order valence-electron chi connectivity index (χ3n) is 0.889. The monoisotopic (exact) mass is 126 g/mol. The quantitative estimate of drug-likeness (QED) is 0.533. The van der Waals surface area contributed by atoms with Crippen LogP contribution in [0.3, 0.4) is 0 Å². The smallest absolute Gasteiger partial charge is 0.144 e. The van der Waals surface area contributed by atoms with Crippen molar-refractivity contribution in [3.8, 4) is 0 Å². The van der Waals surface area contributed by atoms with Crippen molar-refractivity contribution in [3.05, 3.63) is 12.5 Å². The average Bonchev–Trinajstić information content (AvgIpc) is 2.15. The van der Waals surface area contributed by atoms with Crippen LogP contribution in [0.4, 0.5) is 0 Å². The lowest BCUT2D eigenvalue weighted by Crippen LogP contribution is -1.52. The van der Waals surface area contributed by atoms with Gasteiger partial charge in [0.2, 0.25) is 0 Å². The van der Waals surface area contributed by atoms with Gasteiger partial charge in [-0.25, -0.2) is 0 Å². The lowest BCUT2D eigenvalue weighted by Gasteiger charge is -1.57. The minimum atomic E-state index is 0.843. The molecule has 0 saturated carbocycles. The third kappa shape index (κ3) is 0.376. The minimum Gasteiger partial charge on any atom is -0.362 e. The Hall–Kier alpha value is -0.900. The van der Waals surface area contributed by atoms with E-state index in [1.807, 2.05) is 0 Å². The van der Waals surface area contributed by atoms with Gasteiger partial charge in [0, 0.05) is 0 Å². The zero-order chi connectivity index (χ0) is 5.40. The van der Waals surface area contributed by atoms with Crippen LogP contribution < -0.4 is 0 Å². The van der Waals surface area contributed by atoms with Gasteiger partial charge < -0.3 is 4.52 Å². The first kappa shape index (κ1) is 4.03. The first-order chi connectivity index (χ1) is 3.97. The molecule has 8 heavy (non-hydrogen) atoms. The van der Waals surface area contributed by atoms with Gasteiger partial charge in [-0.05, 0) is 11.5 Å². The van der Waals surface area contributed by atoms with Crippen LogP contribution in [0.5, 0.6) is 0 Å². The fourth-order valence-corrected chi connectivity index (χ4v) is 1.06. The van der Waals surface area contributed by atoms with Gasteiger partial charge in [0.05, 0.1) is 6.20 Å². The molecule has 2 rings (SSSR count). The summed E-state index contributed by atoms with van der Waals surface area (Å²) in [5, 5.41) is 3.65. The molecule has 3 nitrogen and oxygen atoms in total. The van der Waals surface area contributed by atoms with E-state index in [1.165, 1.54) is 11.5 Å². The zero-order valence-corrected chi connectivity index (χ0v) is 4.68. The highest BCUT2D eigenvalue weighted by Gasteiger charge is 1.96. The van der Waals surface area contributed by atoms with Gasteiger partial charge in [-0.2, -0.15) is 4.37 Å². The number of hydrogen-bond acceptors (Lipinski definition) is 4. The van der Waals surface area contributed by atoms with Crippen molar-refractivity contribution in [2.45, 2.75) is 0 Å². The lowest BCUT2D eigenvalue weighted by atomic mass is 10.6. The van der Waals surface area contributed by atoms with Crippen molar-refractivity contribution in [3.63, 3.8) is 0 Å². The van der Waals surface area contributed by atoms with Crippen LogP contribution in [0.1, 0.15) is 0 Å². The summed E-state index contributed by atoms with van der Waals surface area (Å²) in [5.74, 6) is 0. The van der Waals surface area contributed by atoms with Crippen LogP contribution in [0.2, 0.25) is 0 Å². The summed E-state index contributed by atoms with van der Waals surface area (Å²) in [6.45, 7) is 0. The number of fused-ring (bicyclic) bond motifs is 1. The Bertz CT molecular complexity index is 235. The Morgan fingerprint density at radius 1 is 1.62 bits per heavy atom. The van der Waals surface area contributed by atoms with Crippen molar-refractivity contribution >= 4 is 21.7 Å². The van der Waals surface area contributed by atoms with E-state index < -0.39 is 0 Å². The van der Waals surface area contributed by atoms with Gasteiger partial charge in [-0.1, -0.05) is 5.16 Å². The second-order valence-electron chi connectivity index (χ2n) is 1.39. The van der Waals surface area contributed by atoms with Gasteiger partial charge in [0.15, 0.2) is 0 Å². The molecule has 2 aromatic rings. The Balaban J connectivity index is 3.06. The van der Waals surface area contributed by atoms with Crippen LogP contribution >= 0.6 is 11.5 Å². The molecular formula is C4H2N2OS. The van der Waals surface area contributed by atoms with E-state index in [2.05, 4.69) is 14.1 Å². The molecule has 2 heterocycles. The van der Waals surface area contributed by atoms with Crippen molar-refractivity contribution in [2.75, 3.05) is 0 Å². The predicted octanol–water partition coefficient (Wildman–Crippen LogP) is 1.28. The fourth-order valence-electron chi connectivity index (χ4n) is 0.525. The van der Waals surface area contributed by atoms with Crippen molar-refractivity contribution in [1.29, 1.82) is 0 Å². The molecule has 2 aromatic heterocycles. The highest BCUT2D eigenvalue weighted by Crippen LogP contribution is 2.14. The van der Waals surface area contributed by atoms with Gasteiger partial charge in [0.25, 0.3) is 0 Å². The summed E-state index contributed by atoms with van der Waals surface area (Å²) in [4.78, 5) is 0. The first-order valence-corrected chi connectivity index (χ1v) is 2.89. The largest absolute Gasteiger partial charge is 0.362 e. The zero-order valence-electron chi connectivity index (χ0n) is 3.87. The molecule has 0 saturated heterocycles. The fraction of sp³-hybridized carbons (Fsp3) is 0. The molecule has 40 valence electrons. The van der Waals surface area contributed by atoms with E-state index in [1.54, 1.807) is 12.5 Å².